The topological polar surface area (TPSA) is 163 Å². The van der Waals surface area contributed by atoms with Crippen LogP contribution in [0.3, 0.4) is 0 Å². The molecule has 6 rings (SSSR count). The Labute approximate surface area is 285 Å². The van der Waals surface area contributed by atoms with E-state index in [9.17, 15) is 35.1 Å². The van der Waals surface area contributed by atoms with Crippen molar-refractivity contribution in [1.82, 2.24) is 0 Å². The van der Waals surface area contributed by atoms with Crippen LogP contribution < -0.4 is 0 Å². The zero-order valence-corrected chi connectivity index (χ0v) is 30.2. The quantitative estimate of drug-likeness (QED) is 0.158. The lowest BCUT2D eigenvalue weighted by molar-refractivity contribution is -0.324. The van der Waals surface area contributed by atoms with Crippen LogP contribution in [0.2, 0.25) is 0 Å². The number of carboxylic acids is 1. The Morgan fingerprint density at radius 2 is 1.56 bits per heavy atom. The lowest BCUT2D eigenvalue weighted by Gasteiger charge is -2.71. The number of fused-ring (bicyclic) bond motifs is 7. The van der Waals surface area contributed by atoms with E-state index < -0.39 is 54.2 Å². The summed E-state index contributed by atoms with van der Waals surface area (Å²) in [5, 5.41) is 54.5. The van der Waals surface area contributed by atoms with Crippen LogP contribution in [0.15, 0.2) is 11.6 Å². The Bertz CT molecular complexity index is 1330. The molecule has 272 valence electrons. The normalized spacial score (nSPS) is 50.9. The van der Waals surface area contributed by atoms with Gasteiger partial charge in [-0.1, -0.05) is 60.1 Å². The molecule has 1 aliphatic heterocycles. The van der Waals surface area contributed by atoms with Gasteiger partial charge in [0.25, 0.3) is 0 Å². The molecule has 10 heteroatoms. The fraction of sp³-hybridized carbons (Fsp3) is 0.895. The second kappa shape index (κ2) is 11.7. The van der Waals surface area contributed by atoms with Crippen LogP contribution in [0.5, 0.6) is 0 Å². The molecule has 5 fully saturated rings. The van der Waals surface area contributed by atoms with Crippen LogP contribution >= 0.6 is 0 Å². The third-order valence-electron chi connectivity index (χ3n) is 15.4. The molecule has 0 aromatic carbocycles. The molecule has 4 saturated carbocycles. The highest BCUT2D eigenvalue weighted by Crippen LogP contribution is 2.76. The van der Waals surface area contributed by atoms with E-state index in [2.05, 4.69) is 54.5 Å². The molecule has 0 spiro atoms. The van der Waals surface area contributed by atoms with Crippen LogP contribution in [-0.2, 0) is 23.8 Å². The first kappa shape index (κ1) is 36.2. The molecule has 14 atom stereocenters. The Hall–Kier alpha value is -1.56. The number of hydrogen-bond acceptors (Lipinski definition) is 9. The van der Waals surface area contributed by atoms with Gasteiger partial charge < -0.3 is 39.7 Å². The van der Waals surface area contributed by atoms with E-state index in [-0.39, 0.29) is 51.6 Å². The van der Waals surface area contributed by atoms with Crippen LogP contribution in [0.1, 0.15) is 113 Å². The van der Waals surface area contributed by atoms with Gasteiger partial charge in [0.05, 0.1) is 18.8 Å². The van der Waals surface area contributed by atoms with Crippen LogP contribution in [-0.4, -0.2) is 87.0 Å². The van der Waals surface area contributed by atoms with E-state index in [1.807, 2.05) is 0 Å². The molecule has 0 radical (unpaired) electrons. The maximum atomic E-state index is 13.0. The smallest absolute Gasteiger partial charge is 0.338 e. The number of ether oxygens (including phenoxy) is 3. The minimum atomic E-state index is -1.64. The first-order valence-corrected chi connectivity index (χ1v) is 18.3. The number of aliphatic carboxylic acids is 1. The number of rotatable bonds is 5. The van der Waals surface area contributed by atoms with Crippen molar-refractivity contribution in [3.63, 3.8) is 0 Å². The third kappa shape index (κ3) is 4.93. The molecule has 0 unspecified atom stereocenters. The number of carbonyl (C=O) groups is 2. The molecule has 0 amide bonds. The van der Waals surface area contributed by atoms with Crippen molar-refractivity contribution in [1.29, 1.82) is 0 Å². The Kier molecular flexibility index (Phi) is 8.86. The monoisotopic (exact) mass is 676 g/mol. The minimum absolute atomic E-state index is 0.00626. The molecule has 6 aliphatic rings. The predicted molar refractivity (Wildman–Crippen MR) is 176 cm³/mol. The van der Waals surface area contributed by atoms with Crippen molar-refractivity contribution in [3.8, 4) is 0 Å². The van der Waals surface area contributed by atoms with Gasteiger partial charge in [0.2, 0.25) is 0 Å². The lowest BCUT2D eigenvalue weighted by atomic mass is 9.33. The maximum absolute atomic E-state index is 13.0. The lowest BCUT2D eigenvalue weighted by Crippen LogP contribution is -2.68. The average molecular weight is 677 g/mol. The van der Waals surface area contributed by atoms with Gasteiger partial charge in [-0.15, -0.1) is 0 Å². The molecular weight excluding hydrogens is 616 g/mol. The largest absolute Gasteiger partial charge is 0.481 e. The van der Waals surface area contributed by atoms with Crippen molar-refractivity contribution in [2.75, 3.05) is 6.61 Å². The highest BCUT2D eigenvalue weighted by molar-refractivity contribution is 5.78. The number of hydrogen-bond donors (Lipinski definition) is 5. The molecule has 1 saturated heterocycles. The Balaban J connectivity index is 1.29. The van der Waals surface area contributed by atoms with Gasteiger partial charge in [0, 0.05) is 0 Å². The van der Waals surface area contributed by atoms with Crippen molar-refractivity contribution in [2.45, 2.75) is 156 Å². The number of allylic oxidation sites excluding steroid dienone is 2. The summed E-state index contributed by atoms with van der Waals surface area (Å²) in [5.41, 5.74) is -0.779. The van der Waals surface area contributed by atoms with E-state index in [1.165, 1.54) is 5.57 Å². The number of aliphatic hydroxyl groups is 4. The third-order valence-corrected chi connectivity index (χ3v) is 15.4. The summed E-state index contributed by atoms with van der Waals surface area (Å²) in [6, 6.07) is 0. The summed E-state index contributed by atoms with van der Waals surface area (Å²) >= 11 is 0. The highest BCUT2D eigenvalue weighted by Gasteiger charge is 2.71. The predicted octanol–water partition coefficient (Wildman–Crippen LogP) is 4.60. The molecule has 5 aliphatic carbocycles. The summed E-state index contributed by atoms with van der Waals surface area (Å²) in [5.74, 6) is -1.30. The van der Waals surface area contributed by atoms with Gasteiger partial charge in [-0.05, 0) is 110 Å². The molecular formula is C38H60O10. The minimum Gasteiger partial charge on any atom is -0.481 e. The second-order valence-corrected chi connectivity index (χ2v) is 18.4. The van der Waals surface area contributed by atoms with E-state index in [1.54, 1.807) is 6.92 Å². The summed E-state index contributed by atoms with van der Waals surface area (Å²) in [6.07, 6.45) is 0.344. The number of aliphatic hydroxyl groups excluding tert-OH is 4. The second-order valence-electron chi connectivity index (χ2n) is 18.4. The van der Waals surface area contributed by atoms with Crippen LogP contribution in [0.25, 0.3) is 0 Å². The SMILES string of the molecule is CCOC(=O)[C@H]1O[C@@H](O[C@H]2CC[C@]3(C)[C@H]4CC=C5[C@@H]6CC(C)(C)CC[C@]6(C(=O)O)[C@H](O)C[C@@]5(C)[C@]4(C)CC[C@H]3C2(C)C)[C@H](O)[C@@H](O)[C@@H]1O. The van der Waals surface area contributed by atoms with Gasteiger partial charge in [-0.3, -0.25) is 4.79 Å². The van der Waals surface area contributed by atoms with Crippen molar-refractivity contribution in [2.24, 2.45) is 50.2 Å². The first-order chi connectivity index (χ1) is 22.2. The highest BCUT2D eigenvalue weighted by atomic mass is 16.7. The van der Waals surface area contributed by atoms with Gasteiger partial charge in [-0.2, -0.15) is 0 Å². The van der Waals surface area contributed by atoms with E-state index >= 15 is 0 Å². The standard InChI is InChI=1S/C38H60O10/c1-9-46-30(43)29-27(41)26(40)28(42)31(48-29)47-25-13-14-35(6)22(34(25,4)5)12-15-36(7)23(35)11-10-20-21-18-33(2,3)16-17-38(21,32(44)45)24(39)19-37(20,36)8/h10,21-29,31,39-42H,9,11-19H2,1-8H3,(H,44,45)/t21-,22-,23+,24+,25-,26-,27-,28+,29-,31+,35-,36+,37+,38+/m0/s1. The molecule has 0 bridgehead atoms. The average Bonchev–Trinajstić information content (AvgIpc) is 2.98. The van der Waals surface area contributed by atoms with Crippen molar-refractivity contribution >= 4 is 11.9 Å². The first-order valence-electron chi connectivity index (χ1n) is 18.3. The zero-order valence-electron chi connectivity index (χ0n) is 30.2. The number of carbonyl (C=O) groups excluding carboxylic acids is 1. The van der Waals surface area contributed by atoms with Crippen molar-refractivity contribution < 1.29 is 49.3 Å². The Morgan fingerprint density at radius 3 is 2.21 bits per heavy atom. The van der Waals surface area contributed by atoms with Gasteiger partial charge >= 0.3 is 11.9 Å². The van der Waals surface area contributed by atoms with Gasteiger partial charge in [0.15, 0.2) is 12.4 Å². The fourth-order valence-corrected chi connectivity index (χ4v) is 12.5. The van der Waals surface area contributed by atoms with Crippen LogP contribution in [0, 0.1) is 50.2 Å². The van der Waals surface area contributed by atoms with Crippen molar-refractivity contribution in [3.05, 3.63) is 11.6 Å². The van der Waals surface area contributed by atoms with Gasteiger partial charge in [0.1, 0.15) is 23.7 Å². The van der Waals surface area contributed by atoms with Crippen LogP contribution in [0.4, 0.5) is 0 Å². The molecule has 1 heterocycles. The maximum Gasteiger partial charge on any atom is 0.338 e. The summed E-state index contributed by atoms with van der Waals surface area (Å²) in [6.45, 7) is 17.7. The molecule has 10 nitrogen and oxygen atoms in total. The molecule has 0 aromatic rings. The van der Waals surface area contributed by atoms with Gasteiger partial charge in [-0.25, -0.2) is 4.79 Å². The van der Waals surface area contributed by atoms with E-state index in [0.717, 1.165) is 38.5 Å². The molecule has 5 N–H and O–H groups in total. The Morgan fingerprint density at radius 1 is 0.875 bits per heavy atom. The molecule has 0 aromatic heterocycles. The van der Waals surface area contributed by atoms with E-state index in [4.69, 9.17) is 14.2 Å². The fourth-order valence-electron chi connectivity index (χ4n) is 12.5. The molecule has 48 heavy (non-hydrogen) atoms. The van der Waals surface area contributed by atoms with E-state index in [0.29, 0.717) is 25.2 Å². The summed E-state index contributed by atoms with van der Waals surface area (Å²) in [7, 11) is 0. The summed E-state index contributed by atoms with van der Waals surface area (Å²) in [4.78, 5) is 25.5. The zero-order chi connectivity index (χ0) is 35.4. The number of carboxylic acid groups (broad SMARTS) is 1. The summed E-state index contributed by atoms with van der Waals surface area (Å²) < 4.78 is 17.3. The number of esters is 1.